The van der Waals surface area contributed by atoms with Gasteiger partial charge >= 0.3 is 0 Å². The standard InChI is InChI=1S/C29H32Cl2N3O2P/c1-5-14-32-26(19(4)6-2)16-21(7-3)34-15-13-22(18-37-34)35-17-23-28(33-36-29(23)20-11-12-20)27-24(30)9-8-10-25(27)31/h5-10,14,16,20,22,37H,1-3,11-13,15,17-18H2,4H3/b21-16+,26-19+,32-14-. The van der Waals surface area contributed by atoms with Gasteiger partial charge in [0, 0.05) is 41.7 Å². The van der Waals surface area contributed by atoms with Crippen LogP contribution in [0.3, 0.4) is 0 Å². The lowest BCUT2D eigenvalue weighted by atomic mass is 10.0. The van der Waals surface area contributed by atoms with Crippen molar-refractivity contribution >= 4 is 38.1 Å². The van der Waals surface area contributed by atoms with Gasteiger partial charge in [-0.25, -0.2) is 0 Å². The lowest BCUT2D eigenvalue weighted by molar-refractivity contribution is 0.0435. The van der Waals surface area contributed by atoms with E-state index in [1.807, 2.05) is 31.2 Å². The summed E-state index contributed by atoms with van der Waals surface area (Å²) >= 11 is 13.0. The van der Waals surface area contributed by atoms with E-state index in [0.717, 1.165) is 60.3 Å². The van der Waals surface area contributed by atoms with E-state index in [1.165, 1.54) is 0 Å². The second-order valence-corrected chi connectivity index (χ2v) is 11.1. The van der Waals surface area contributed by atoms with Crippen LogP contribution in [0, 0.1) is 0 Å². The smallest absolute Gasteiger partial charge is 0.145 e. The molecule has 0 N–H and O–H groups in total. The van der Waals surface area contributed by atoms with Gasteiger partial charge in [-0.15, -0.1) is 0 Å². The molecule has 2 aliphatic rings. The van der Waals surface area contributed by atoms with E-state index < -0.39 is 0 Å². The van der Waals surface area contributed by atoms with Crippen LogP contribution in [0.15, 0.2) is 88.7 Å². The number of allylic oxidation sites excluding steroid dienone is 5. The van der Waals surface area contributed by atoms with Crippen molar-refractivity contribution < 1.29 is 9.26 Å². The molecule has 0 radical (unpaired) electrons. The van der Waals surface area contributed by atoms with Crippen LogP contribution < -0.4 is 0 Å². The van der Waals surface area contributed by atoms with Gasteiger partial charge in [0.15, 0.2) is 0 Å². The molecule has 37 heavy (non-hydrogen) atoms. The minimum absolute atomic E-state index is 0.140. The zero-order valence-corrected chi connectivity index (χ0v) is 23.6. The Morgan fingerprint density at radius 1 is 1.22 bits per heavy atom. The first-order chi connectivity index (χ1) is 18.0. The van der Waals surface area contributed by atoms with Crippen LogP contribution in [0.5, 0.6) is 0 Å². The quantitative estimate of drug-likeness (QED) is 0.158. The summed E-state index contributed by atoms with van der Waals surface area (Å²) in [4.78, 5) is 4.50. The lowest BCUT2D eigenvalue weighted by Gasteiger charge is -2.34. The first-order valence-electron chi connectivity index (χ1n) is 12.3. The number of hydrogen-bond acceptors (Lipinski definition) is 5. The summed E-state index contributed by atoms with van der Waals surface area (Å²) in [6.45, 7) is 14.9. The third-order valence-electron chi connectivity index (χ3n) is 6.45. The largest absolute Gasteiger partial charge is 0.373 e. The molecule has 0 amide bonds. The van der Waals surface area contributed by atoms with Gasteiger partial charge in [-0.05, 0) is 64.8 Å². The van der Waals surface area contributed by atoms with Crippen molar-refractivity contribution in [3.8, 4) is 11.3 Å². The molecule has 0 spiro atoms. The topological polar surface area (TPSA) is 50.9 Å². The Labute approximate surface area is 231 Å². The predicted molar refractivity (Wildman–Crippen MR) is 157 cm³/mol. The molecule has 194 valence electrons. The van der Waals surface area contributed by atoms with Crippen LogP contribution in [-0.4, -0.2) is 34.9 Å². The van der Waals surface area contributed by atoms with Gasteiger partial charge in [-0.1, -0.05) is 66.3 Å². The van der Waals surface area contributed by atoms with Gasteiger partial charge in [-0.3, -0.25) is 4.99 Å². The van der Waals surface area contributed by atoms with Gasteiger partial charge < -0.3 is 13.9 Å². The minimum Gasteiger partial charge on any atom is -0.373 e. The average molecular weight is 556 g/mol. The fourth-order valence-corrected chi connectivity index (χ4v) is 6.10. The Morgan fingerprint density at radius 3 is 2.57 bits per heavy atom. The van der Waals surface area contributed by atoms with Crippen molar-refractivity contribution in [2.75, 3.05) is 12.7 Å². The Kier molecular flexibility index (Phi) is 9.61. The predicted octanol–water partition coefficient (Wildman–Crippen LogP) is 8.50. The molecule has 2 unspecified atom stereocenters. The molecule has 1 aromatic carbocycles. The molecule has 2 atom stereocenters. The van der Waals surface area contributed by atoms with E-state index in [2.05, 4.69) is 40.6 Å². The number of hydrogen-bond donors (Lipinski definition) is 0. The number of aromatic nitrogens is 1. The molecule has 5 nitrogen and oxygen atoms in total. The summed E-state index contributed by atoms with van der Waals surface area (Å²) in [5.41, 5.74) is 5.23. The monoisotopic (exact) mass is 555 g/mol. The maximum Gasteiger partial charge on any atom is 0.145 e. The lowest BCUT2D eigenvalue weighted by Crippen LogP contribution is -2.30. The van der Waals surface area contributed by atoms with Gasteiger partial charge in [0.1, 0.15) is 11.5 Å². The van der Waals surface area contributed by atoms with Gasteiger partial charge in [0.25, 0.3) is 0 Å². The van der Waals surface area contributed by atoms with E-state index in [1.54, 1.807) is 18.4 Å². The molecule has 1 aliphatic heterocycles. The van der Waals surface area contributed by atoms with Crippen LogP contribution in [0.1, 0.15) is 43.4 Å². The van der Waals surface area contributed by atoms with Crippen molar-refractivity contribution in [1.29, 1.82) is 0 Å². The van der Waals surface area contributed by atoms with Gasteiger partial charge in [-0.2, -0.15) is 0 Å². The number of nitrogens with zero attached hydrogens (tertiary/aromatic N) is 3. The minimum atomic E-state index is 0.140. The van der Waals surface area contributed by atoms with E-state index in [0.29, 0.717) is 42.6 Å². The Bertz CT molecular complexity index is 1230. The zero-order valence-electron chi connectivity index (χ0n) is 21.1. The average Bonchev–Trinajstić information content (AvgIpc) is 3.67. The molecular formula is C29H32Cl2N3O2P. The maximum atomic E-state index is 6.49. The van der Waals surface area contributed by atoms with E-state index in [9.17, 15) is 0 Å². The van der Waals surface area contributed by atoms with Crippen molar-refractivity contribution in [3.63, 3.8) is 0 Å². The van der Waals surface area contributed by atoms with Crippen LogP contribution >= 0.6 is 31.9 Å². The van der Waals surface area contributed by atoms with E-state index in [4.69, 9.17) is 32.5 Å². The highest BCUT2D eigenvalue weighted by Crippen LogP contribution is 2.46. The SMILES string of the molecule is C=C\C=N/C(/C=C(\C=C)N1CCC(OCc2c(-c3c(Cl)cccc3Cl)noc2C2CC2)CP1)=C(\C)C=C. The Hall–Kier alpha value is -2.43. The molecule has 1 aliphatic carbocycles. The number of rotatable bonds is 11. The van der Waals surface area contributed by atoms with Gasteiger partial charge in [0.05, 0.1) is 28.5 Å². The molecular weight excluding hydrogens is 524 g/mol. The highest BCUT2D eigenvalue weighted by atomic mass is 35.5. The summed E-state index contributed by atoms with van der Waals surface area (Å²) in [7, 11) is 0.570. The third kappa shape index (κ3) is 6.72. The molecule has 1 aromatic heterocycles. The summed E-state index contributed by atoms with van der Waals surface area (Å²) in [6.07, 6.45) is 13.3. The molecule has 4 rings (SSSR count). The number of benzene rings is 1. The summed E-state index contributed by atoms with van der Waals surface area (Å²) in [6, 6.07) is 5.47. The normalized spacial score (nSPS) is 19.8. The van der Waals surface area contributed by atoms with Crippen LogP contribution in [-0.2, 0) is 11.3 Å². The third-order valence-corrected chi connectivity index (χ3v) is 8.58. The molecule has 0 bridgehead atoms. The molecule has 2 heterocycles. The highest BCUT2D eigenvalue weighted by molar-refractivity contribution is 7.35. The van der Waals surface area contributed by atoms with Crippen molar-refractivity contribution in [2.24, 2.45) is 4.99 Å². The summed E-state index contributed by atoms with van der Waals surface area (Å²) in [5, 5.41) is 5.48. The first kappa shape index (κ1) is 27.6. The fourth-order valence-electron chi connectivity index (χ4n) is 4.16. The number of halogens is 2. The van der Waals surface area contributed by atoms with Crippen LogP contribution in [0.2, 0.25) is 10.0 Å². The summed E-state index contributed by atoms with van der Waals surface area (Å²) < 4.78 is 14.6. The van der Waals surface area contributed by atoms with E-state index in [-0.39, 0.29) is 6.10 Å². The molecule has 1 saturated carbocycles. The molecule has 2 aromatic rings. The van der Waals surface area contributed by atoms with Crippen molar-refractivity contribution in [3.05, 3.63) is 101 Å². The second kappa shape index (κ2) is 12.9. The summed E-state index contributed by atoms with van der Waals surface area (Å²) in [5.74, 6) is 1.30. The number of aliphatic imine (C=N–C) groups is 1. The van der Waals surface area contributed by atoms with Crippen molar-refractivity contribution in [1.82, 2.24) is 9.83 Å². The maximum absolute atomic E-state index is 6.49. The van der Waals surface area contributed by atoms with E-state index >= 15 is 0 Å². The zero-order chi connectivity index (χ0) is 26.4. The number of ether oxygens (including phenoxy) is 1. The van der Waals surface area contributed by atoms with Crippen LogP contribution in [0.4, 0.5) is 0 Å². The van der Waals surface area contributed by atoms with Crippen LogP contribution in [0.25, 0.3) is 11.3 Å². The first-order valence-corrected chi connectivity index (χ1v) is 14.3. The Balaban J connectivity index is 1.45. The van der Waals surface area contributed by atoms with Gasteiger partial charge in [0.2, 0.25) is 0 Å². The van der Waals surface area contributed by atoms with Crippen molar-refractivity contribution in [2.45, 2.75) is 44.8 Å². The molecule has 8 heteroatoms. The highest BCUT2D eigenvalue weighted by Gasteiger charge is 2.34. The second-order valence-electron chi connectivity index (χ2n) is 9.04. The fraction of sp³-hybridized carbons (Fsp3) is 0.310. The molecule has 1 saturated heterocycles. The molecule has 2 fully saturated rings. The Morgan fingerprint density at radius 2 is 1.97 bits per heavy atom.